The molecule has 0 aliphatic rings. The summed E-state index contributed by atoms with van der Waals surface area (Å²) in [4.78, 5) is 21.9. The lowest BCUT2D eigenvalue weighted by molar-refractivity contribution is 0.389. The molecule has 0 radical (unpaired) electrons. The molecule has 8 nitrogen and oxygen atoms in total. The van der Waals surface area contributed by atoms with Gasteiger partial charge in [0.15, 0.2) is 5.16 Å². The highest BCUT2D eigenvalue weighted by molar-refractivity contribution is 7.98. The number of benzene rings is 2. The summed E-state index contributed by atoms with van der Waals surface area (Å²) in [5, 5.41) is 4.82. The highest BCUT2D eigenvalue weighted by Crippen LogP contribution is 2.32. The fourth-order valence-corrected chi connectivity index (χ4v) is 4.10. The maximum Gasteiger partial charge on any atom is 0.262 e. The van der Waals surface area contributed by atoms with E-state index in [-0.39, 0.29) is 10.9 Å². The molecule has 10 heteroatoms. The van der Waals surface area contributed by atoms with E-state index in [9.17, 15) is 9.18 Å². The number of methoxy groups -OCH3 is 2. The minimum absolute atomic E-state index is 0.257. The molecule has 166 valence electrons. The van der Waals surface area contributed by atoms with Gasteiger partial charge in [-0.3, -0.25) is 9.36 Å². The normalized spacial score (nSPS) is 11.1. The highest BCUT2D eigenvalue weighted by Gasteiger charge is 2.17. The van der Waals surface area contributed by atoms with Crippen LogP contribution in [-0.4, -0.2) is 33.9 Å². The summed E-state index contributed by atoms with van der Waals surface area (Å²) in [6, 6.07) is 9.33. The second kappa shape index (κ2) is 9.39. The van der Waals surface area contributed by atoms with Gasteiger partial charge in [0.05, 0.1) is 36.4 Å². The fourth-order valence-electron chi connectivity index (χ4n) is 3.24. The molecule has 0 fully saturated rings. The molecule has 0 amide bonds. The Morgan fingerprint density at radius 1 is 1.12 bits per heavy atom. The number of ether oxygens (including phenoxy) is 2. The third kappa shape index (κ3) is 4.31. The molecule has 0 saturated heterocycles. The first-order chi connectivity index (χ1) is 15.5. The van der Waals surface area contributed by atoms with Crippen molar-refractivity contribution in [1.82, 2.24) is 19.7 Å². The first kappa shape index (κ1) is 21.8. The van der Waals surface area contributed by atoms with Crippen LogP contribution >= 0.6 is 11.8 Å². The molecule has 0 N–H and O–H groups in total. The maximum absolute atomic E-state index is 13.6. The number of thioether (sulfide) groups is 1. The molecule has 0 bridgehead atoms. The van der Waals surface area contributed by atoms with Gasteiger partial charge in [-0.1, -0.05) is 23.8 Å². The lowest BCUT2D eigenvalue weighted by atomic mass is 10.2. The average molecular weight is 456 g/mol. The molecule has 0 aliphatic carbocycles. The summed E-state index contributed by atoms with van der Waals surface area (Å²) < 4.78 is 31.2. The van der Waals surface area contributed by atoms with Gasteiger partial charge < -0.3 is 14.0 Å². The molecular weight excluding hydrogens is 435 g/mol. The molecule has 4 rings (SSSR count). The summed E-state index contributed by atoms with van der Waals surface area (Å²) in [5.41, 5.74) is 0.811. The van der Waals surface area contributed by atoms with Crippen LogP contribution in [0.5, 0.6) is 11.5 Å². The van der Waals surface area contributed by atoms with Crippen molar-refractivity contribution in [2.45, 2.75) is 30.8 Å². The van der Waals surface area contributed by atoms with Crippen molar-refractivity contribution in [1.29, 1.82) is 0 Å². The monoisotopic (exact) mass is 456 g/mol. The van der Waals surface area contributed by atoms with Crippen molar-refractivity contribution in [3.63, 3.8) is 0 Å². The van der Waals surface area contributed by atoms with Crippen LogP contribution < -0.4 is 15.0 Å². The standard InChI is InChI=1S/C22H21FN4O4S/c1-4-9-27-21(28)15-10-13(23)5-7-17(15)24-22(27)32-12-19-25-20(26-31-19)16-11-14(29-2)6-8-18(16)30-3/h5-8,10-11H,4,9,12H2,1-3H3. The van der Waals surface area contributed by atoms with E-state index in [1.54, 1.807) is 37.0 Å². The Morgan fingerprint density at radius 2 is 1.97 bits per heavy atom. The zero-order valence-electron chi connectivity index (χ0n) is 17.8. The van der Waals surface area contributed by atoms with E-state index in [0.717, 1.165) is 6.42 Å². The highest BCUT2D eigenvalue weighted by atomic mass is 32.2. The number of hydrogen-bond acceptors (Lipinski definition) is 8. The summed E-state index contributed by atoms with van der Waals surface area (Å²) >= 11 is 1.31. The van der Waals surface area contributed by atoms with Crippen LogP contribution in [0.15, 0.2) is 50.9 Å². The molecule has 2 heterocycles. The Morgan fingerprint density at radius 3 is 2.72 bits per heavy atom. The zero-order valence-corrected chi connectivity index (χ0v) is 18.6. The molecular formula is C22H21FN4O4S. The average Bonchev–Trinajstić information content (AvgIpc) is 3.28. The van der Waals surface area contributed by atoms with Gasteiger partial charge in [-0.25, -0.2) is 9.37 Å². The van der Waals surface area contributed by atoms with Crippen molar-refractivity contribution in [2.24, 2.45) is 0 Å². The molecule has 0 unspecified atom stereocenters. The third-order valence-electron chi connectivity index (χ3n) is 4.77. The molecule has 0 saturated carbocycles. The number of hydrogen-bond donors (Lipinski definition) is 0. The molecule has 0 spiro atoms. The number of aromatic nitrogens is 4. The van der Waals surface area contributed by atoms with Crippen LogP contribution in [0, 0.1) is 5.82 Å². The van der Waals surface area contributed by atoms with Crippen molar-refractivity contribution in [3.8, 4) is 22.9 Å². The van der Waals surface area contributed by atoms with Crippen molar-refractivity contribution >= 4 is 22.7 Å². The molecule has 2 aromatic carbocycles. The van der Waals surface area contributed by atoms with Crippen LogP contribution in [0.25, 0.3) is 22.3 Å². The Balaban J connectivity index is 1.63. The SMILES string of the molecule is CCCn1c(SCc2nc(-c3cc(OC)ccc3OC)no2)nc2ccc(F)cc2c1=O. The third-order valence-corrected chi connectivity index (χ3v) is 5.73. The molecule has 4 aromatic rings. The smallest absolute Gasteiger partial charge is 0.262 e. The summed E-state index contributed by atoms with van der Waals surface area (Å²) in [7, 11) is 3.14. The topological polar surface area (TPSA) is 92.3 Å². The van der Waals surface area contributed by atoms with Gasteiger partial charge in [0, 0.05) is 6.54 Å². The Kier molecular flexibility index (Phi) is 6.40. The Hall–Kier alpha value is -3.40. The number of fused-ring (bicyclic) bond motifs is 1. The van der Waals surface area contributed by atoms with Crippen molar-refractivity contribution in [2.75, 3.05) is 14.2 Å². The van der Waals surface area contributed by atoms with Gasteiger partial charge in [0.1, 0.15) is 17.3 Å². The molecule has 2 aromatic heterocycles. The summed E-state index contributed by atoms with van der Waals surface area (Å²) in [6.45, 7) is 2.43. The van der Waals surface area contributed by atoms with Crippen molar-refractivity contribution < 1.29 is 18.4 Å². The maximum atomic E-state index is 13.6. The van der Waals surface area contributed by atoms with E-state index in [2.05, 4.69) is 15.1 Å². The van der Waals surface area contributed by atoms with Crippen LogP contribution in [0.1, 0.15) is 19.2 Å². The van der Waals surface area contributed by atoms with E-state index in [1.165, 1.54) is 30.0 Å². The van der Waals surface area contributed by atoms with Gasteiger partial charge in [0.25, 0.3) is 5.56 Å². The zero-order chi connectivity index (χ0) is 22.7. The number of rotatable bonds is 8. The van der Waals surface area contributed by atoms with Gasteiger partial charge in [-0.05, 0) is 42.8 Å². The fraction of sp³-hybridized carbons (Fsp3) is 0.273. The van der Waals surface area contributed by atoms with Gasteiger partial charge in [-0.15, -0.1) is 0 Å². The predicted molar refractivity (Wildman–Crippen MR) is 119 cm³/mol. The van der Waals surface area contributed by atoms with Crippen LogP contribution in [-0.2, 0) is 12.3 Å². The number of nitrogens with zero attached hydrogens (tertiary/aromatic N) is 4. The Bertz CT molecular complexity index is 1320. The van der Waals surface area contributed by atoms with Crippen LogP contribution in [0.3, 0.4) is 0 Å². The van der Waals surface area contributed by atoms with E-state index in [1.807, 2.05) is 6.92 Å². The minimum atomic E-state index is -0.466. The molecule has 0 aliphatic heterocycles. The first-order valence-electron chi connectivity index (χ1n) is 9.92. The van der Waals surface area contributed by atoms with Crippen LogP contribution in [0.4, 0.5) is 4.39 Å². The largest absolute Gasteiger partial charge is 0.497 e. The van der Waals surface area contributed by atoms with E-state index in [0.29, 0.717) is 51.7 Å². The second-order valence-electron chi connectivity index (χ2n) is 6.88. The molecule has 0 atom stereocenters. The molecule has 32 heavy (non-hydrogen) atoms. The van der Waals surface area contributed by atoms with E-state index in [4.69, 9.17) is 14.0 Å². The quantitative estimate of drug-likeness (QED) is 0.286. The first-order valence-corrected chi connectivity index (χ1v) is 10.9. The lowest BCUT2D eigenvalue weighted by Gasteiger charge is -2.11. The summed E-state index contributed by atoms with van der Waals surface area (Å²) in [6.07, 6.45) is 0.732. The van der Waals surface area contributed by atoms with Crippen LogP contribution in [0.2, 0.25) is 0 Å². The Labute approximate surface area is 187 Å². The summed E-state index contributed by atoms with van der Waals surface area (Å²) in [5.74, 6) is 1.80. The number of halogens is 1. The van der Waals surface area contributed by atoms with Gasteiger partial charge in [0.2, 0.25) is 11.7 Å². The lowest BCUT2D eigenvalue weighted by Crippen LogP contribution is -2.23. The second-order valence-corrected chi connectivity index (χ2v) is 7.82. The van der Waals surface area contributed by atoms with E-state index < -0.39 is 5.82 Å². The predicted octanol–water partition coefficient (Wildman–Crippen LogP) is 4.31. The van der Waals surface area contributed by atoms with Gasteiger partial charge in [-0.2, -0.15) is 4.98 Å². The van der Waals surface area contributed by atoms with Crippen molar-refractivity contribution in [3.05, 3.63) is 58.5 Å². The van der Waals surface area contributed by atoms with Gasteiger partial charge >= 0.3 is 0 Å². The minimum Gasteiger partial charge on any atom is -0.497 e. The van der Waals surface area contributed by atoms with E-state index >= 15 is 0 Å².